The maximum atomic E-state index is 10.4. The molecular formula is C19H27N5O2. The lowest BCUT2D eigenvalue weighted by Gasteiger charge is -2.37. The van der Waals surface area contributed by atoms with E-state index in [0.29, 0.717) is 6.01 Å². The number of aromatic nitrogens is 3. The number of aliphatic hydroxyl groups excluding tert-OH is 1. The number of piperidine rings is 1. The summed E-state index contributed by atoms with van der Waals surface area (Å²) in [5, 5.41) is 10.4. The second-order valence-electron chi connectivity index (χ2n) is 7.08. The van der Waals surface area contributed by atoms with E-state index in [9.17, 15) is 5.11 Å². The Morgan fingerprint density at radius 3 is 2.42 bits per heavy atom. The highest BCUT2D eigenvalue weighted by atomic mass is 16.5. The molecule has 2 aromatic heterocycles. The van der Waals surface area contributed by atoms with Crippen molar-refractivity contribution >= 4 is 0 Å². The molecule has 3 N–H and O–H groups in total. The number of likely N-dealkylation sites (tertiary alicyclic amines) is 1. The van der Waals surface area contributed by atoms with E-state index in [0.717, 1.165) is 37.1 Å². The van der Waals surface area contributed by atoms with Gasteiger partial charge in [0.15, 0.2) is 0 Å². The first kappa shape index (κ1) is 18.7. The molecule has 7 heteroatoms. The van der Waals surface area contributed by atoms with Gasteiger partial charge in [-0.2, -0.15) is 0 Å². The van der Waals surface area contributed by atoms with E-state index in [1.807, 2.05) is 30.9 Å². The van der Waals surface area contributed by atoms with E-state index in [1.54, 1.807) is 24.8 Å². The van der Waals surface area contributed by atoms with Gasteiger partial charge in [-0.15, -0.1) is 0 Å². The number of aliphatic hydroxyl groups is 1. The Balaban J connectivity index is 1.52. The number of hydrogen-bond acceptors (Lipinski definition) is 7. The Morgan fingerprint density at radius 1 is 1.15 bits per heavy atom. The number of pyridine rings is 1. The van der Waals surface area contributed by atoms with Gasteiger partial charge in [-0.05, 0) is 24.8 Å². The topological polar surface area (TPSA) is 97.4 Å². The molecule has 140 valence electrons. The summed E-state index contributed by atoms with van der Waals surface area (Å²) in [5.41, 5.74) is 7.95. The summed E-state index contributed by atoms with van der Waals surface area (Å²) in [6.45, 7) is 5.55. The smallest absolute Gasteiger partial charge is 0.316 e. The molecule has 1 unspecified atom stereocenters. The van der Waals surface area contributed by atoms with Crippen LogP contribution in [0.15, 0.2) is 36.9 Å². The molecule has 0 aliphatic carbocycles. The molecule has 0 radical (unpaired) electrons. The zero-order valence-electron chi connectivity index (χ0n) is 15.3. The molecule has 3 rings (SSSR count). The number of hydrogen-bond donors (Lipinski definition) is 2. The summed E-state index contributed by atoms with van der Waals surface area (Å²) in [5.74, 6) is 0.241. The van der Waals surface area contributed by atoms with Gasteiger partial charge in [0.1, 0.15) is 12.3 Å². The Hall–Kier alpha value is -2.09. The van der Waals surface area contributed by atoms with E-state index in [4.69, 9.17) is 10.5 Å². The molecular weight excluding hydrogens is 330 g/mol. The molecule has 2 atom stereocenters. The van der Waals surface area contributed by atoms with Gasteiger partial charge in [0.25, 0.3) is 0 Å². The minimum Gasteiger partial charge on any atom is -0.460 e. The molecule has 0 saturated carbocycles. The van der Waals surface area contributed by atoms with Crippen molar-refractivity contribution < 1.29 is 9.84 Å². The Kier molecular flexibility index (Phi) is 6.13. The number of ether oxygens (including phenoxy) is 1. The Labute approximate surface area is 154 Å². The number of nitrogens with zero attached hydrogens (tertiary/aromatic N) is 4. The lowest BCUT2D eigenvalue weighted by molar-refractivity contribution is -0.0510. The maximum absolute atomic E-state index is 10.4. The van der Waals surface area contributed by atoms with E-state index in [-0.39, 0.29) is 18.1 Å². The fourth-order valence-corrected chi connectivity index (χ4v) is 3.05. The van der Waals surface area contributed by atoms with Gasteiger partial charge in [0.05, 0.1) is 0 Å². The lowest BCUT2D eigenvalue weighted by Crippen LogP contribution is -2.53. The largest absolute Gasteiger partial charge is 0.460 e. The second kappa shape index (κ2) is 8.53. The van der Waals surface area contributed by atoms with Crippen LogP contribution < -0.4 is 10.5 Å². The first-order chi connectivity index (χ1) is 12.5. The van der Waals surface area contributed by atoms with Crippen LogP contribution in [0.4, 0.5) is 0 Å². The first-order valence-corrected chi connectivity index (χ1v) is 9.11. The van der Waals surface area contributed by atoms with Crippen molar-refractivity contribution in [3.05, 3.63) is 36.9 Å². The van der Waals surface area contributed by atoms with Crippen molar-refractivity contribution in [3.63, 3.8) is 0 Å². The molecule has 1 aliphatic heterocycles. The molecule has 1 fully saturated rings. The zero-order chi connectivity index (χ0) is 18.5. The van der Waals surface area contributed by atoms with Crippen LogP contribution in [0.3, 0.4) is 0 Å². The SMILES string of the molecule is CC(C)C(N)[C@H](O)N1CCC(Oc2ncc(-c3cccnc3)cn2)CC1. The van der Waals surface area contributed by atoms with E-state index in [1.165, 1.54) is 0 Å². The van der Waals surface area contributed by atoms with E-state index >= 15 is 0 Å². The standard InChI is InChI=1S/C19H27N5O2/c1-13(2)17(20)18(25)24-8-5-16(6-9-24)26-19-22-11-15(12-23-19)14-4-3-7-21-10-14/h3-4,7,10-13,16-18,25H,5-6,8-9,20H2,1-2H3/t17?,18-/m0/s1. The van der Waals surface area contributed by atoms with Crippen LogP contribution in [0.25, 0.3) is 11.1 Å². The molecule has 0 amide bonds. The molecule has 1 saturated heterocycles. The Morgan fingerprint density at radius 2 is 1.85 bits per heavy atom. The molecule has 26 heavy (non-hydrogen) atoms. The van der Waals surface area contributed by atoms with Crippen LogP contribution in [-0.2, 0) is 0 Å². The van der Waals surface area contributed by atoms with Crippen molar-refractivity contribution in [2.75, 3.05) is 13.1 Å². The first-order valence-electron chi connectivity index (χ1n) is 9.11. The monoisotopic (exact) mass is 357 g/mol. The van der Waals surface area contributed by atoms with Crippen LogP contribution >= 0.6 is 0 Å². The normalized spacial score (nSPS) is 18.7. The minimum atomic E-state index is -0.606. The van der Waals surface area contributed by atoms with Gasteiger partial charge in [0.2, 0.25) is 0 Å². The predicted octanol–water partition coefficient (Wildman–Crippen LogP) is 1.68. The quantitative estimate of drug-likeness (QED) is 0.812. The lowest BCUT2D eigenvalue weighted by atomic mass is 10.0. The molecule has 2 aromatic rings. The molecule has 1 aliphatic rings. The van der Waals surface area contributed by atoms with Gasteiger partial charge in [-0.25, -0.2) is 9.97 Å². The second-order valence-corrected chi connectivity index (χ2v) is 7.08. The highest BCUT2D eigenvalue weighted by Gasteiger charge is 2.29. The van der Waals surface area contributed by atoms with E-state index in [2.05, 4.69) is 15.0 Å². The molecule has 0 bridgehead atoms. The van der Waals surface area contributed by atoms with Gasteiger partial charge in [0, 0.05) is 55.0 Å². The van der Waals surface area contributed by atoms with Crippen LogP contribution in [0.1, 0.15) is 26.7 Å². The van der Waals surface area contributed by atoms with Gasteiger partial charge in [-0.3, -0.25) is 9.88 Å². The number of nitrogens with two attached hydrogens (primary N) is 1. The maximum Gasteiger partial charge on any atom is 0.316 e. The third-order valence-electron chi connectivity index (χ3n) is 4.86. The van der Waals surface area contributed by atoms with Crippen molar-refractivity contribution in [1.82, 2.24) is 19.9 Å². The summed E-state index contributed by atoms with van der Waals surface area (Å²) in [7, 11) is 0. The van der Waals surface area contributed by atoms with Gasteiger partial charge in [-0.1, -0.05) is 19.9 Å². The predicted molar refractivity (Wildman–Crippen MR) is 99.3 cm³/mol. The summed E-state index contributed by atoms with van der Waals surface area (Å²) in [6.07, 6.45) is 8.09. The van der Waals surface area contributed by atoms with Crippen LogP contribution in [0.5, 0.6) is 6.01 Å². The number of rotatable bonds is 6. The highest BCUT2D eigenvalue weighted by Crippen LogP contribution is 2.21. The minimum absolute atomic E-state index is 0.0537. The molecule has 3 heterocycles. The van der Waals surface area contributed by atoms with Crippen LogP contribution in [0, 0.1) is 5.92 Å². The van der Waals surface area contributed by atoms with E-state index < -0.39 is 6.23 Å². The molecule has 0 spiro atoms. The van der Waals surface area contributed by atoms with Crippen molar-refractivity contribution in [3.8, 4) is 17.1 Å². The van der Waals surface area contributed by atoms with Crippen molar-refractivity contribution in [2.24, 2.45) is 11.7 Å². The fraction of sp³-hybridized carbons (Fsp3) is 0.526. The molecule has 7 nitrogen and oxygen atoms in total. The summed E-state index contributed by atoms with van der Waals surface area (Å²) < 4.78 is 5.90. The summed E-state index contributed by atoms with van der Waals surface area (Å²) >= 11 is 0. The zero-order valence-corrected chi connectivity index (χ0v) is 15.3. The summed E-state index contributed by atoms with van der Waals surface area (Å²) in [4.78, 5) is 14.7. The molecule has 0 aromatic carbocycles. The third-order valence-corrected chi connectivity index (χ3v) is 4.86. The van der Waals surface area contributed by atoms with Crippen LogP contribution in [-0.4, -0.2) is 56.4 Å². The van der Waals surface area contributed by atoms with Crippen LogP contribution in [0.2, 0.25) is 0 Å². The highest BCUT2D eigenvalue weighted by molar-refractivity contribution is 5.59. The third kappa shape index (κ3) is 4.55. The average molecular weight is 357 g/mol. The summed E-state index contributed by atoms with van der Waals surface area (Å²) in [6, 6.07) is 3.99. The fourth-order valence-electron chi connectivity index (χ4n) is 3.05. The van der Waals surface area contributed by atoms with Crippen molar-refractivity contribution in [1.29, 1.82) is 0 Å². The van der Waals surface area contributed by atoms with Crippen molar-refractivity contribution in [2.45, 2.75) is 45.1 Å². The van der Waals surface area contributed by atoms with Gasteiger partial charge < -0.3 is 15.6 Å². The Bertz CT molecular complexity index is 672. The van der Waals surface area contributed by atoms with Gasteiger partial charge >= 0.3 is 6.01 Å². The average Bonchev–Trinajstić information content (AvgIpc) is 2.68.